The summed E-state index contributed by atoms with van der Waals surface area (Å²) in [5.74, 6) is 0. The minimum Gasteiger partial charge on any atom is -0.385 e. The number of hydrogen-bond donors (Lipinski definition) is 2. The molecule has 0 bridgehead atoms. The third-order valence-corrected chi connectivity index (χ3v) is 4.09. The average Bonchev–Trinajstić information content (AvgIpc) is 2.95. The fraction of sp³-hybridized carbons (Fsp3) is 0.438. The van der Waals surface area contributed by atoms with Gasteiger partial charge in [0.05, 0.1) is 11.3 Å². The molecular formula is C16H21N3O. The summed E-state index contributed by atoms with van der Waals surface area (Å²) >= 11 is 0. The van der Waals surface area contributed by atoms with Crippen molar-refractivity contribution >= 4 is 0 Å². The fourth-order valence-electron chi connectivity index (χ4n) is 3.05. The number of benzene rings is 1. The Kier molecular flexibility index (Phi) is 3.15. The van der Waals surface area contributed by atoms with Gasteiger partial charge in [0.25, 0.3) is 0 Å². The van der Waals surface area contributed by atoms with Gasteiger partial charge in [-0.1, -0.05) is 24.3 Å². The summed E-state index contributed by atoms with van der Waals surface area (Å²) in [6.07, 6.45) is 3.03. The number of nitrogens with zero attached hydrogens (tertiary/aromatic N) is 2. The molecule has 0 spiro atoms. The van der Waals surface area contributed by atoms with Gasteiger partial charge < -0.3 is 10.8 Å². The standard InChI is InChI=1S/C16H21N3O/c1-11(2)19-8-7-12(18-19)9-16(20)10-15(17)13-5-3-4-6-14(13)16/h3-8,11,15,20H,9-10,17H2,1-2H3. The highest BCUT2D eigenvalue weighted by atomic mass is 16.3. The first-order valence-corrected chi connectivity index (χ1v) is 7.11. The van der Waals surface area contributed by atoms with E-state index in [0.29, 0.717) is 18.9 Å². The number of fused-ring (bicyclic) bond motifs is 1. The molecule has 0 saturated heterocycles. The zero-order valence-corrected chi connectivity index (χ0v) is 12.0. The molecule has 1 aromatic carbocycles. The van der Waals surface area contributed by atoms with Gasteiger partial charge in [-0.15, -0.1) is 0 Å². The van der Waals surface area contributed by atoms with E-state index in [-0.39, 0.29) is 6.04 Å². The third kappa shape index (κ3) is 2.15. The van der Waals surface area contributed by atoms with E-state index >= 15 is 0 Å². The van der Waals surface area contributed by atoms with E-state index in [9.17, 15) is 5.11 Å². The van der Waals surface area contributed by atoms with E-state index in [1.807, 2.05) is 41.2 Å². The molecule has 1 aliphatic carbocycles. The highest BCUT2D eigenvalue weighted by Crippen LogP contribution is 2.43. The lowest BCUT2D eigenvalue weighted by atomic mass is 9.91. The van der Waals surface area contributed by atoms with E-state index in [1.165, 1.54) is 0 Å². The first-order chi connectivity index (χ1) is 9.49. The maximum Gasteiger partial charge on any atom is 0.0973 e. The van der Waals surface area contributed by atoms with Crippen molar-refractivity contribution in [1.82, 2.24) is 9.78 Å². The Bertz CT molecular complexity index is 620. The predicted molar refractivity (Wildman–Crippen MR) is 78.2 cm³/mol. The topological polar surface area (TPSA) is 64.1 Å². The Balaban J connectivity index is 1.90. The van der Waals surface area contributed by atoms with Crippen molar-refractivity contribution in [2.75, 3.05) is 0 Å². The van der Waals surface area contributed by atoms with Crippen LogP contribution in [0, 0.1) is 0 Å². The number of nitrogens with two attached hydrogens (primary N) is 1. The van der Waals surface area contributed by atoms with Crippen LogP contribution in [-0.2, 0) is 12.0 Å². The van der Waals surface area contributed by atoms with Crippen LogP contribution < -0.4 is 5.73 Å². The summed E-state index contributed by atoms with van der Waals surface area (Å²) in [4.78, 5) is 0. The smallest absolute Gasteiger partial charge is 0.0973 e. The van der Waals surface area contributed by atoms with E-state index in [4.69, 9.17) is 5.73 Å². The molecule has 0 radical (unpaired) electrons. The Labute approximate surface area is 119 Å². The largest absolute Gasteiger partial charge is 0.385 e. The van der Waals surface area contributed by atoms with Gasteiger partial charge in [0.2, 0.25) is 0 Å². The van der Waals surface area contributed by atoms with Gasteiger partial charge in [-0.2, -0.15) is 5.10 Å². The van der Waals surface area contributed by atoms with Crippen LogP contribution in [0.5, 0.6) is 0 Å². The molecule has 0 fully saturated rings. The molecule has 4 heteroatoms. The lowest BCUT2D eigenvalue weighted by Gasteiger charge is -2.23. The molecule has 0 amide bonds. The average molecular weight is 271 g/mol. The van der Waals surface area contributed by atoms with Gasteiger partial charge in [0.15, 0.2) is 0 Å². The molecule has 2 atom stereocenters. The van der Waals surface area contributed by atoms with Crippen molar-refractivity contribution in [1.29, 1.82) is 0 Å². The molecule has 2 unspecified atom stereocenters. The molecule has 3 N–H and O–H groups in total. The second-order valence-corrected chi connectivity index (χ2v) is 5.99. The summed E-state index contributed by atoms with van der Waals surface area (Å²) in [7, 11) is 0. The molecular weight excluding hydrogens is 250 g/mol. The normalized spacial score (nSPS) is 25.1. The van der Waals surface area contributed by atoms with Crippen LogP contribution in [0.4, 0.5) is 0 Å². The van der Waals surface area contributed by atoms with Crippen molar-refractivity contribution in [3.05, 3.63) is 53.3 Å². The molecule has 0 saturated carbocycles. The first-order valence-electron chi connectivity index (χ1n) is 7.11. The van der Waals surface area contributed by atoms with Crippen molar-refractivity contribution < 1.29 is 5.11 Å². The molecule has 1 aliphatic rings. The van der Waals surface area contributed by atoms with E-state index < -0.39 is 5.60 Å². The maximum absolute atomic E-state index is 11.0. The second kappa shape index (κ2) is 4.72. The van der Waals surface area contributed by atoms with Crippen LogP contribution in [0.1, 0.15) is 49.2 Å². The summed E-state index contributed by atoms with van der Waals surface area (Å²) < 4.78 is 1.92. The minimum absolute atomic E-state index is 0.0941. The molecule has 1 heterocycles. The summed E-state index contributed by atoms with van der Waals surface area (Å²) in [5.41, 5.74) is 8.16. The van der Waals surface area contributed by atoms with Crippen LogP contribution in [0.3, 0.4) is 0 Å². The van der Waals surface area contributed by atoms with Crippen molar-refractivity contribution in [3.63, 3.8) is 0 Å². The Morgan fingerprint density at radius 2 is 2.15 bits per heavy atom. The molecule has 20 heavy (non-hydrogen) atoms. The minimum atomic E-state index is -0.897. The van der Waals surface area contributed by atoms with E-state index in [1.54, 1.807) is 0 Å². The van der Waals surface area contributed by atoms with Crippen molar-refractivity contribution in [3.8, 4) is 0 Å². The van der Waals surface area contributed by atoms with Gasteiger partial charge in [-0.05, 0) is 37.5 Å². The van der Waals surface area contributed by atoms with Crippen molar-refractivity contribution in [2.45, 2.75) is 44.4 Å². The molecule has 2 aromatic rings. The number of hydrogen-bond acceptors (Lipinski definition) is 3. The number of aliphatic hydroxyl groups is 1. The lowest BCUT2D eigenvalue weighted by molar-refractivity contribution is 0.0330. The van der Waals surface area contributed by atoms with Gasteiger partial charge in [-0.3, -0.25) is 4.68 Å². The Hall–Kier alpha value is -1.65. The number of rotatable bonds is 3. The first kappa shape index (κ1) is 13.3. The summed E-state index contributed by atoms with van der Waals surface area (Å²) in [6.45, 7) is 4.18. The highest BCUT2D eigenvalue weighted by molar-refractivity contribution is 5.40. The zero-order chi connectivity index (χ0) is 14.3. The second-order valence-electron chi connectivity index (χ2n) is 5.99. The Morgan fingerprint density at radius 1 is 1.40 bits per heavy atom. The van der Waals surface area contributed by atoms with Crippen LogP contribution in [0.2, 0.25) is 0 Å². The summed E-state index contributed by atoms with van der Waals surface area (Å²) in [6, 6.07) is 10.1. The molecule has 1 aromatic heterocycles. The van der Waals surface area contributed by atoms with E-state index in [2.05, 4.69) is 18.9 Å². The van der Waals surface area contributed by atoms with Gasteiger partial charge in [0, 0.05) is 24.7 Å². The summed E-state index contributed by atoms with van der Waals surface area (Å²) in [5, 5.41) is 15.5. The fourth-order valence-corrected chi connectivity index (χ4v) is 3.05. The predicted octanol–water partition coefficient (Wildman–Crippen LogP) is 2.30. The van der Waals surface area contributed by atoms with Gasteiger partial charge >= 0.3 is 0 Å². The quantitative estimate of drug-likeness (QED) is 0.900. The SMILES string of the molecule is CC(C)n1ccc(CC2(O)CC(N)c3ccccc32)n1. The van der Waals surface area contributed by atoms with E-state index in [0.717, 1.165) is 16.8 Å². The van der Waals surface area contributed by atoms with Crippen LogP contribution in [-0.4, -0.2) is 14.9 Å². The molecule has 106 valence electrons. The molecule has 4 nitrogen and oxygen atoms in total. The van der Waals surface area contributed by atoms with Gasteiger partial charge in [0.1, 0.15) is 0 Å². The molecule has 3 rings (SSSR count). The monoisotopic (exact) mass is 271 g/mol. The van der Waals surface area contributed by atoms with Crippen LogP contribution >= 0.6 is 0 Å². The zero-order valence-electron chi connectivity index (χ0n) is 12.0. The Morgan fingerprint density at radius 3 is 2.85 bits per heavy atom. The maximum atomic E-state index is 11.0. The third-order valence-electron chi connectivity index (χ3n) is 4.09. The van der Waals surface area contributed by atoms with Crippen LogP contribution in [0.15, 0.2) is 36.5 Å². The lowest BCUT2D eigenvalue weighted by Crippen LogP contribution is -2.26. The molecule has 0 aliphatic heterocycles. The van der Waals surface area contributed by atoms with Crippen LogP contribution in [0.25, 0.3) is 0 Å². The number of aromatic nitrogens is 2. The van der Waals surface area contributed by atoms with Crippen molar-refractivity contribution in [2.24, 2.45) is 5.73 Å². The highest BCUT2D eigenvalue weighted by Gasteiger charge is 2.41. The van der Waals surface area contributed by atoms with Gasteiger partial charge in [-0.25, -0.2) is 0 Å².